The highest BCUT2D eigenvalue weighted by Crippen LogP contribution is 2.45. The molecule has 0 spiro atoms. The molecule has 2 N–H and O–H groups in total. The van der Waals surface area contributed by atoms with Crippen molar-refractivity contribution in [3.63, 3.8) is 0 Å². The summed E-state index contributed by atoms with van der Waals surface area (Å²) in [7, 11) is 1.56. The first-order valence-electron chi connectivity index (χ1n) is 13.7. The van der Waals surface area contributed by atoms with Crippen molar-refractivity contribution in [3.05, 3.63) is 105 Å². The van der Waals surface area contributed by atoms with E-state index in [1.165, 1.54) is 12.1 Å². The van der Waals surface area contributed by atoms with Gasteiger partial charge in [0.15, 0.2) is 11.5 Å². The van der Waals surface area contributed by atoms with Crippen molar-refractivity contribution in [1.29, 1.82) is 5.26 Å². The summed E-state index contributed by atoms with van der Waals surface area (Å²) in [6.45, 7) is 2.74. The second-order valence-corrected chi connectivity index (χ2v) is 9.82. The number of para-hydroxylation sites is 1. The molecule has 5 rings (SSSR count). The molecule has 1 aromatic heterocycles. The molecule has 0 saturated carbocycles. The maximum atomic E-state index is 12.9. The number of allylic oxidation sites excluding steroid dienone is 1. The fourth-order valence-corrected chi connectivity index (χ4v) is 4.90. The van der Waals surface area contributed by atoms with Crippen LogP contribution in [0.3, 0.4) is 0 Å². The number of nitrogens with zero attached hydrogens (tertiary/aromatic N) is 1. The molecule has 214 valence electrons. The molecule has 0 amide bonds. The predicted molar refractivity (Wildman–Crippen MR) is 156 cm³/mol. The summed E-state index contributed by atoms with van der Waals surface area (Å²) in [6, 6.07) is 20.7. The summed E-state index contributed by atoms with van der Waals surface area (Å²) in [5.41, 5.74) is 7.11. The van der Waals surface area contributed by atoms with Gasteiger partial charge in [-0.05, 0) is 42.3 Å². The Morgan fingerprint density at radius 3 is 2.64 bits per heavy atom. The van der Waals surface area contributed by atoms with Crippen LogP contribution >= 0.6 is 0 Å². The van der Waals surface area contributed by atoms with Gasteiger partial charge in [0, 0.05) is 17.0 Å². The van der Waals surface area contributed by atoms with Crippen molar-refractivity contribution in [3.8, 4) is 29.1 Å². The van der Waals surface area contributed by atoms with E-state index in [1.807, 2.05) is 18.2 Å². The molecule has 0 aliphatic carbocycles. The largest absolute Gasteiger partial charge is 0.493 e. The molecule has 0 bridgehead atoms. The standard InChI is InChI=1S/C33H30N2O7/c1-3-4-5-8-15-39-27-14-11-21(17-29(27)38-2)30-23-13-12-22(18-28(23)41-31(35)25(30)19-34)40-32(36)24-16-20-9-6-7-10-26(20)42-33(24)37/h6-7,9-14,16-18,30H,3-5,8,15,35H2,1-2H3. The number of carbonyl (C=O) groups is 1. The van der Waals surface area contributed by atoms with E-state index in [4.69, 9.17) is 29.1 Å². The molecule has 0 radical (unpaired) electrons. The number of fused-ring (bicyclic) bond motifs is 2. The first-order chi connectivity index (χ1) is 20.4. The van der Waals surface area contributed by atoms with Crippen molar-refractivity contribution < 1.29 is 28.2 Å². The van der Waals surface area contributed by atoms with Gasteiger partial charge in [0.1, 0.15) is 34.3 Å². The van der Waals surface area contributed by atoms with Crippen LogP contribution in [0.2, 0.25) is 0 Å². The maximum Gasteiger partial charge on any atom is 0.351 e. The number of esters is 1. The monoisotopic (exact) mass is 566 g/mol. The molecule has 4 aromatic rings. The second kappa shape index (κ2) is 12.5. The highest BCUT2D eigenvalue weighted by molar-refractivity contribution is 5.94. The second-order valence-electron chi connectivity index (χ2n) is 9.82. The van der Waals surface area contributed by atoms with E-state index in [2.05, 4.69) is 13.0 Å². The quantitative estimate of drug-likeness (QED) is 0.103. The first-order valence-corrected chi connectivity index (χ1v) is 13.7. The Kier molecular flexibility index (Phi) is 8.44. The molecule has 0 saturated heterocycles. The molecule has 42 heavy (non-hydrogen) atoms. The van der Waals surface area contributed by atoms with Crippen molar-refractivity contribution in [2.24, 2.45) is 5.73 Å². The average molecular weight is 567 g/mol. The zero-order valence-electron chi connectivity index (χ0n) is 23.3. The zero-order valence-corrected chi connectivity index (χ0v) is 23.3. The lowest BCUT2D eigenvalue weighted by atomic mass is 9.83. The van der Waals surface area contributed by atoms with Gasteiger partial charge >= 0.3 is 11.6 Å². The Labute approximate surface area is 242 Å². The van der Waals surface area contributed by atoms with Gasteiger partial charge in [-0.15, -0.1) is 0 Å². The van der Waals surface area contributed by atoms with Gasteiger partial charge in [-0.1, -0.05) is 56.5 Å². The van der Waals surface area contributed by atoms with E-state index < -0.39 is 17.5 Å². The highest BCUT2D eigenvalue weighted by Gasteiger charge is 2.32. The van der Waals surface area contributed by atoms with Crippen LogP contribution in [0.5, 0.6) is 23.0 Å². The topological polar surface area (TPSA) is 134 Å². The van der Waals surface area contributed by atoms with E-state index in [1.54, 1.807) is 43.5 Å². The molecule has 1 unspecified atom stereocenters. The van der Waals surface area contributed by atoms with Gasteiger partial charge in [0.2, 0.25) is 5.88 Å². The molecule has 1 aliphatic rings. The van der Waals surface area contributed by atoms with Crippen LogP contribution in [0.1, 0.15) is 60.0 Å². The minimum atomic E-state index is -0.877. The van der Waals surface area contributed by atoms with Crippen LogP contribution in [0.4, 0.5) is 0 Å². The van der Waals surface area contributed by atoms with Crippen LogP contribution in [0.25, 0.3) is 11.0 Å². The predicted octanol–water partition coefficient (Wildman–Crippen LogP) is 6.20. The van der Waals surface area contributed by atoms with Crippen molar-refractivity contribution in [1.82, 2.24) is 0 Å². The van der Waals surface area contributed by atoms with Crippen LogP contribution in [0.15, 0.2) is 87.4 Å². The lowest BCUT2D eigenvalue weighted by Gasteiger charge is -2.27. The molecule has 0 fully saturated rings. The molecule has 1 aliphatic heterocycles. The lowest BCUT2D eigenvalue weighted by molar-refractivity contribution is 0.0730. The number of ether oxygens (including phenoxy) is 4. The van der Waals surface area contributed by atoms with Gasteiger partial charge in [-0.25, -0.2) is 9.59 Å². The number of benzene rings is 3. The fourth-order valence-electron chi connectivity index (χ4n) is 4.90. The Balaban J connectivity index is 1.42. The molecule has 1 atom stereocenters. The van der Waals surface area contributed by atoms with E-state index in [0.29, 0.717) is 40.4 Å². The Bertz CT molecular complexity index is 1770. The number of carbonyl (C=O) groups excluding carboxylic acids is 1. The van der Waals surface area contributed by atoms with Crippen LogP contribution in [-0.2, 0) is 0 Å². The van der Waals surface area contributed by atoms with Crippen molar-refractivity contribution in [2.45, 2.75) is 38.5 Å². The summed E-state index contributed by atoms with van der Waals surface area (Å²) < 4.78 is 28.1. The molecular formula is C33H30N2O7. The third-order valence-electron chi connectivity index (χ3n) is 7.04. The highest BCUT2D eigenvalue weighted by atomic mass is 16.5. The van der Waals surface area contributed by atoms with Gasteiger partial charge < -0.3 is 29.1 Å². The number of nitriles is 1. The van der Waals surface area contributed by atoms with Crippen LogP contribution < -0.4 is 30.3 Å². The van der Waals surface area contributed by atoms with E-state index in [-0.39, 0.29) is 22.8 Å². The van der Waals surface area contributed by atoms with Crippen LogP contribution in [-0.4, -0.2) is 19.7 Å². The zero-order chi connectivity index (χ0) is 29.6. The summed E-state index contributed by atoms with van der Waals surface area (Å²) in [5.74, 6) is 0.0725. The van der Waals surface area contributed by atoms with E-state index >= 15 is 0 Å². The third kappa shape index (κ3) is 5.79. The minimum Gasteiger partial charge on any atom is -0.493 e. The van der Waals surface area contributed by atoms with Gasteiger partial charge in [0.05, 0.1) is 19.6 Å². The smallest absolute Gasteiger partial charge is 0.351 e. The van der Waals surface area contributed by atoms with Crippen molar-refractivity contribution in [2.75, 3.05) is 13.7 Å². The minimum absolute atomic E-state index is 0.0659. The third-order valence-corrected chi connectivity index (χ3v) is 7.04. The van der Waals surface area contributed by atoms with Crippen molar-refractivity contribution >= 4 is 16.9 Å². The summed E-state index contributed by atoms with van der Waals surface area (Å²) in [6.07, 6.45) is 4.35. The Morgan fingerprint density at radius 1 is 1.02 bits per heavy atom. The number of nitrogens with two attached hydrogens (primary N) is 1. The maximum absolute atomic E-state index is 12.9. The Morgan fingerprint density at radius 2 is 1.86 bits per heavy atom. The summed E-state index contributed by atoms with van der Waals surface area (Å²) in [4.78, 5) is 25.3. The molecule has 9 heteroatoms. The molecule has 3 aromatic carbocycles. The summed E-state index contributed by atoms with van der Waals surface area (Å²) >= 11 is 0. The number of hydrogen-bond acceptors (Lipinski definition) is 9. The lowest BCUT2D eigenvalue weighted by Crippen LogP contribution is -2.22. The van der Waals surface area contributed by atoms with Gasteiger partial charge in [0.25, 0.3) is 0 Å². The first kappa shape index (κ1) is 28.3. The van der Waals surface area contributed by atoms with E-state index in [9.17, 15) is 14.9 Å². The number of rotatable bonds is 10. The van der Waals surface area contributed by atoms with Gasteiger partial charge in [-0.3, -0.25) is 0 Å². The molecular weight excluding hydrogens is 536 g/mol. The molecule has 9 nitrogen and oxygen atoms in total. The summed E-state index contributed by atoms with van der Waals surface area (Å²) in [5, 5.41) is 10.5. The average Bonchev–Trinajstić information content (AvgIpc) is 2.99. The van der Waals surface area contributed by atoms with Gasteiger partial charge in [-0.2, -0.15) is 5.26 Å². The van der Waals surface area contributed by atoms with E-state index in [0.717, 1.165) is 31.2 Å². The fraction of sp³-hybridized carbons (Fsp3) is 0.242. The molecule has 2 heterocycles. The number of methoxy groups -OCH3 is 1. The Hall–Kier alpha value is -5.23. The van der Waals surface area contributed by atoms with Crippen LogP contribution in [0, 0.1) is 11.3 Å². The number of unbranched alkanes of at least 4 members (excludes halogenated alkanes) is 3. The number of hydrogen-bond donors (Lipinski definition) is 1. The SMILES string of the molecule is CCCCCCOc1ccc(C2C(C#N)=C(N)Oc3cc(OC(=O)c4cc5ccccc5oc4=O)ccc32)cc1OC. The normalized spacial score (nSPS) is 14.1.